The molecule has 1 heterocycles. The summed E-state index contributed by atoms with van der Waals surface area (Å²) in [7, 11) is 2.19. The molecule has 0 aromatic carbocycles. The Bertz CT molecular complexity index is 483. The second-order valence-corrected chi connectivity index (χ2v) is 5.95. The summed E-state index contributed by atoms with van der Waals surface area (Å²) < 4.78 is 0. The smallest absolute Gasteiger partial charge is 0.248 e. The molecule has 0 aliphatic heterocycles. The van der Waals surface area contributed by atoms with Gasteiger partial charge >= 0.3 is 0 Å². The minimum Gasteiger partial charge on any atom is -0.368 e. The third-order valence-corrected chi connectivity index (χ3v) is 4.71. The number of pyridine rings is 1. The molecule has 1 aliphatic rings. The second-order valence-electron chi connectivity index (χ2n) is 5.95. The zero-order chi connectivity index (χ0) is 15.3. The Hall–Kier alpha value is -1.62. The van der Waals surface area contributed by atoms with Gasteiger partial charge < -0.3 is 11.1 Å². The van der Waals surface area contributed by atoms with Gasteiger partial charge in [-0.05, 0) is 38.6 Å². The van der Waals surface area contributed by atoms with Gasteiger partial charge in [0, 0.05) is 23.8 Å². The highest BCUT2D eigenvalue weighted by molar-refractivity contribution is 5.93. The molecule has 1 aromatic heterocycles. The van der Waals surface area contributed by atoms with E-state index in [0.29, 0.717) is 5.56 Å². The van der Waals surface area contributed by atoms with Crippen molar-refractivity contribution < 1.29 is 4.79 Å². The molecule has 0 spiro atoms. The average molecular weight is 290 g/mol. The standard InChI is InChI=1S/C16H26N4O/c1-3-20(2)16(8-5-4-6-9-16)12-19-14-11-13(15(17)21)7-10-18-14/h7,10-11H,3-6,8-9,12H2,1-2H3,(H2,17,21)(H,18,19). The monoisotopic (exact) mass is 290 g/mol. The van der Waals surface area contributed by atoms with Crippen molar-refractivity contribution in [3.8, 4) is 0 Å². The van der Waals surface area contributed by atoms with Crippen LogP contribution in [0.5, 0.6) is 0 Å². The molecule has 2 rings (SSSR count). The minimum absolute atomic E-state index is 0.192. The van der Waals surface area contributed by atoms with Crippen LogP contribution >= 0.6 is 0 Å². The highest BCUT2D eigenvalue weighted by atomic mass is 16.1. The molecule has 5 heteroatoms. The van der Waals surface area contributed by atoms with Crippen LogP contribution in [0.2, 0.25) is 0 Å². The Morgan fingerprint density at radius 2 is 2.14 bits per heavy atom. The van der Waals surface area contributed by atoms with E-state index in [4.69, 9.17) is 5.73 Å². The molecule has 3 N–H and O–H groups in total. The van der Waals surface area contributed by atoms with E-state index in [0.717, 1.165) is 18.9 Å². The van der Waals surface area contributed by atoms with Crippen LogP contribution < -0.4 is 11.1 Å². The highest BCUT2D eigenvalue weighted by Crippen LogP contribution is 2.33. The van der Waals surface area contributed by atoms with E-state index in [9.17, 15) is 4.79 Å². The summed E-state index contributed by atoms with van der Waals surface area (Å²) in [5.74, 6) is 0.305. The third-order valence-electron chi connectivity index (χ3n) is 4.71. The Labute approximate surface area is 126 Å². The van der Waals surface area contributed by atoms with Gasteiger partial charge in [0.2, 0.25) is 5.91 Å². The van der Waals surface area contributed by atoms with E-state index >= 15 is 0 Å². The summed E-state index contributed by atoms with van der Waals surface area (Å²) >= 11 is 0. The predicted molar refractivity (Wildman–Crippen MR) is 85.4 cm³/mol. The summed E-state index contributed by atoms with van der Waals surface area (Å²) in [5, 5.41) is 3.41. The number of aromatic nitrogens is 1. The van der Waals surface area contributed by atoms with Crippen molar-refractivity contribution >= 4 is 11.7 Å². The number of carbonyl (C=O) groups is 1. The zero-order valence-electron chi connectivity index (χ0n) is 13.1. The maximum atomic E-state index is 11.2. The van der Waals surface area contributed by atoms with E-state index in [-0.39, 0.29) is 5.54 Å². The Balaban J connectivity index is 2.08. The molecule has 0 radical (unpaired) electrons. The first-order valence-electron chi connectivity index (χ1n) is 7.78. The van der Waals surface area contributed by atoms with Gasteiger partial charge in [-0.25, -0.2) is 4.98 Å². The van der Waals surface area contributed by atoms with Crippen LogP contribution in [-0.4, -0.2) is 41.5 Å². The van der Waals surface area contributed by atoms with E-state index < -0.39 is 5.91 Å². The maximum absolute atomic E-state index is 11.2. The molecule has 0 bridgehead atoms. The first kappa shape index (κ1) is 15.8. The van der Waals surface area contributed by atoms with Crippen molar-refractivity contribution in [2.24, 2.45) is 5.73 Å². The number of rotatable bonds is 6. The van der Waals surface area contributed by atoms with Crippen LogP contribution in [-0.2, 0) is 0 Å². The lowest BCUT2D eigenvalue weighted by Gasteiger charge is -2.44. The van der Waals surface area contributed by atoms with Crippen molar-refractivity contribution in [1.82, 2.24) is 9.88 Å². The fourth-order valence-electron chi connectivity index (χ4n) is 3.17. The van der Waals surface area contributed by atoms with Crippen LogP contribution in [0.25, 0.3) is 0 Å². The highest BCUT2D eigenvalue weighted by Gasteiger charge is 2.35. The molecule has 1 fully saturated rings. The van der Waals surface area contributed by atoms with Crippen LogP contribution in [0.4, 0.5) is 5.82 Å². The largest absolute Gasteiger partial charge is 0.368 e. The topological polar surface area (TPSA) is 71.2 Å². The molecule has 1 aliphatic carbocycles. The molecule has 5 nitrogen and oxygen atoms in total. The number of hydrogen-bond donors (Lipinski definition) is 2. The second kappa shape index (κ2) is 6.89. The lowest BCUT2D eigenvalue weighted by Crippen LogP contribution is -2.52. The predicted octanol–water partition coefficient (Wildman–Crippen LogP) is 2.25. The Morgan fingerprint density at radius 1 is 1.43 bits per heavy atom. The number of nitrogens with zero attached hydrogens (tertiary/aromatic N) is 2. The van der Waals surface area contributed by atoms with Gasteiger partial charge in [0.15, 0.2) is 0 Å². The summed E-state index contributed by atoms with van der Waals surface area (Å²) in [6.07, 6.45) is 7.93. The molecular weight excluding hydrogens is 264 g/mol. The normalized spacial score (nSPS) is 17.7. The SMILES string of the molecule is CCN(C)C1(CNc2cc(C(N)=O)ccn2)CCCCC1. The number of nitrogens with one attached hydrogen (secondary N) is 1. The van der Waals surface area contributed by atoms with Crippen molar-refractivity contribution in [3.63, 3.8) is 0 Å². The maximum Gasteiger partial charge on any atom is 0.248 e. The lowest BCUT2D eigenvalue weighted by atomic mass is 9.80. The molecule has 0 atom stereocenters. The quantitative estimate of drug-likeness (QED) is 0.843. The minimum atomic E-state index is -0.418. The zero-order valence-corrected chi connectivity index (χ0v) is 13.1. The van der Waals surface area contributed by atoms with Gasteiger partial charge in [-0.2, -0.15) is 0 Å². The molecular formula is C16H26N4O. The lowest BCUT2D eigenvalue weighted by molar-refractivity contribution is 0.0922. The van der Waals surface area contributed by atoms with Gasteiger partial charge in [-0.15, -0.1) is 0 Å². The summed E-state index contributed by atoms with van der Waals surface area (Å²) in [5.41, 5.74) is 6.00. The van der Waals surface area contributed by atoms with E-state index in [2.05, 4.69) is 29.2 Å². The van der Waals surface area contributed by atoms with Crippen LogP contribution in [0.15, 0.2) is 18.3 Å². The molecule has 1 amide bonds. The van der Waals surface area contributed by atoms with Crippen molar-refractivity contribution in [1.29, 1.82) is 0 Å². The van der Waals surface area contributed by atoms with E-state index in [1.165, 1.54) is 32.1 Å². The number of primary amides is 1. The van der Waals surface area contributed by atoms with Gasteiger partial charge in [-0.1, -0.05) is 26.2 Å². The van der Waals surface area contributed by atoms with Gasteiger partial charge in [0.1, 0.15) is 5.82 Å². The summed E-state index contributed by atoms with van der Waals surface area (Å²) in [6, 6.07) is 3.37. The number of anilines is 1. The molecule has 116 valence electrons. The molecule has 0 saturated heterocycles. The van der Waals surface area contributed by atoms with Gasteiger partial charge in [-0.3, -0.25) is 9.69 Å². The van der Waals surface area contributed by atoms with Crippen molar-refractivity contribution in [3.05, 3.63) is 23.9 Å². The van der Waals surface area contributed by atoms with Gasteiger partial charge in [0.05, 0.1) is 0 Å². The number of likely N-dealkylation sites (N-methyl/N-ethyl adjacent to an activating group) is 1. The number of nitrogens with two attached hydrogens (primary N) is 1. The molecule has 1 aromatic rings. The first-order valence-corrected chi connectivity index (χ1v) is 7.78. The van der Waals surface area contributed by atoms with E-state index in [1.807, 2.05) is 0 Å². The summed E-state index contributed by atoms with van der Waals surface area (Å²) in [4.78, 5) is 18.0. The fourth-order valence-corrected chi connectivity index (χ4v) is 3.17. The molecule has 21 heavy (non-hydrogen) atoms. The van der Waals surface area contributed by atoms with Crippen LogP contribution in [0.1, 0.15) is 49.4 Å². The number of amides is 1. The Kier molecular flexibility index (Phi) is 5.17. The van der Waals surface area contributed by atoms with E-state index in [1.54, 1.807) is 18.3 Å². The average Bonchev–Trinajstić information content (AvgIpc) is 2.53. The number of carbonyl (C=O) groups excluding carboxylic acids is 1. The van der Waals surface area contributed by atoms with Crippen LogP contribution in [0.3, 0.4) is 0 Å². The summed E-state index contributed by atoms with van der Waals surface area (Å²) in [6.45, 7) is 4.09. The van der Waals surface area contributed by atoms with Gasteiger partial charge in [0.25, 0.3) is 0 Å². The van der Waals surface area contributed by atoms with Crippen molar-refractivity contribution in [2.45, 2.75) is 44.6 Å². The third kappa shape index (κ3) is 3.73. The van der Waals surface area contributed by atoms with Crippen molar-refractivity contribution in [2.75, 3.05) is 25.5 Å². The first-order chi connectivity index (χ1) is 10.1. The number of hydrogen-bond acceptors (Lipinski definition) is 4. The van der Waals surface area contributed by atoms with Crippen LogP contribution in [0, 0.1) is 0 Å². The molecule has 1 saturated carbocycles. The fraction of sp³-hybridized carbons (Fsp3) is 0.625. The Morgan fingerprint density at radius 3 is 2.76 bits per heavy atom. The molecule has 0 unspecified atom stereocenters.